The van der Waals surface area contributed by atoms with Crippen molar-refractivity contribution in [2.75, 3.05) is 20.8 Å². The third-order valence-corrected chi connectivity index (χ3v) is 7.30. The Morgan fingerprint density at radius 2 is 1.50 bits per heavy atom. The number of nitrogens with zero attached hydrogens (tertiary/aromatic N) is 2. The third kappa shape index (κ3) is 10.1. The molecule has 1 saturated heterocycles. The van der Waals surface area contributed by atoms with E-state index in [1.807, 2.05) is 44.2 Å². The van der Waals surface area contributed by atoms with Gasteiger partial charge in [-0.2, -0.15) is 0 Å². The molecular weight excluding hydrogens is 562 g/mol. The minimum Gasteiger partial charge on any atom is -0.501 e. The van der Waals surface area contributed by atoms with Crippen LogP contribution in [-0.4, -0.2) is 78.7 Å². The van der Waals surface area contributed by atoms with E-state index < -0.39 is 41.4 Å². The molecule has 1 aromatic heterocycles. The number of ketones is 1. The zero-order chi connectivity index (χ0) is 32.3. The van der Waals surface area contributed by atoms with Gasteiger partial charge in [-0.15, -0.1) is 0 Å². The lowest BCUT2D eigenvalue weighted by molar-refractivity contribution is -0.134. The van der Waals surface area contributed by atoms with Gasteiger partial charge in [-0.05, 0) is 49.4 Å². The van der Waals surface area contributed by atoms with Gasteiger partial charge < -0.3 is 25.4 Å². The van der Waals surface area contributed by atoms with Gasteiger partial charge in [0.2, 0.25) is 11.8 Å². The molecule has 1 aromatic carbocycles. The van der Waals surface area contributed by atoms with Gasteiger partial charge in [-0.1, -0.05) is 44.2 Å². The zero-order valence-electron chi connectivity index (χ0n) is 26.3. The van der Waals surface area contributed by atoms with Crippen molar-refractivity contribution in [1.29, 1.82) is 0 Å². The van der Waals surface area contributed by atoms with E-state index in [4.69, 9.17) is 9.47 Å². The number of epoxide rings is 1. The molecule has 2 aromatic rings. The van der Waals surface area contributed by atoms with E-state index >= 15 is 0 Å². The molecule has 3 N–H and O–H groups in total. The van der Waals surface area contributed by atoms with Crippen LogP contribution in [0.4, 0.5) is 0 Å². The van der Waals surface area contributed by atoms with Crippen molar-refractivity contribution >= 4 is 29.2 Å². The molecule has 0 saturated carbocycles. The van der Waals surface area contributed by atoms with Crippen molar-refractivity contribution in [3.8, 4) is 0 Å². The maximum Gasteiger partial charge on any atom is 0.270 e. The standard InChI is InChI=1S/C33H43N5O6/c1-21(2)16-25(29(39)33(4)20-44-33)36-31(41)27(18-23-10-8-7-9-11-23)38-32(42)28(19-24-12-14-35-15-13-24)37-30(40)26(34-5)17-22(3)43-6/h7-15,17,21,25,27-28H,16,18-20H2,1-6H3,(H,36,41)(H,37,40)(H,38,42)/b22-17-,34-26-/t25-,27-,28-,33+/m0/s1. The molecule has 2 heterocycles. The fourth-order valence-corrected chi connectivity index (χ4v) is 4.60. The fraction of sp³-hybridized carbons (Fsp3) is 0.455. The molecule has 11 nitrogen and oxygen atoms in total. The van der Waals surface area contributed by atoms with Crippen LogP contribution in [0.3, 0.4) is 0 Å². The summed E-state index contributed by atoms with van der Waals surface area (Å²) in [4.78, 5) is 62.1. The van der Waals surface area contributed by atoms with E-state index in [0.717, 1.165) is 11.1 Å². The topological polar surface area (TPSA) is 151 Å². The van der Waals surface area contributed by atoms with Gasteiger partial charge in [-0.25, -0.2) is 0 Å². The molecule has 4 atom stereocenters. The average molecular weight is 606 g/mol. The highest BCUT2D eigenvalue weighted by Gasteiger charge is 2.50. The van der Waals surface area contributed by atoms with Gasteiger partial charge >= 0.3 is 0 Å². The highest BCUT2D eigenvalue weighted by atomic mass is 16.6. The molecule has 44 heavy (non-hydrogen) atoms. The number of aliphatic imine (C=N–C) groups is 1. The molecule has 1 aliphatic heterocycles. The minimum atomic E-state index is -1.06. The van der Waals surface area contributed by atoms with Crippen LogP contribution in [0.15, 0.2) is 71.7 Å². The summed E-state index contributed by atoms with van der Waals surface area (Å²) in [5.74, 6) is -1.27. The van der Waals surface area contributed by atoms with Crippen LogP contribution < -0.4 is 16.0 Å². The van der Waals surface area contributed by atoms with E-state index in [1.165, 1.54) is 20.2 Å². The van der Waals surface area contributed by atoms with Crippen molar-refractivity contribution in [2.45, 2.75) is 70.7 Å². The predicted molar refractivity (Wildman–Crippen MR) is 167 cm³/mol. The number of ether oxygens (including phenoxy) is 2. The molecule has 0 radical (unpaired) electrons. The Hall–Kier alpha value is -4.38. The van der Waals surface area contributed by atoms with Gasteiger partial charge in [-0.3, -0.25) is 29.2 Å². The van der Waals surface area contributed by atoms with E-state index in [-0.39, 0.29) is 30.3 Å². The highest BCUT2D eigenvalue weighted by molar-refractivity contribution is 6.43. The molecular formula is C33H43N5O6. The Morgan fingerprint density at radius 1 is 0.955 bits per heavy atom. The van der Waals surface area contributed by atoms with Crippen molar-refractivity contribution in [3.05, 3.63) is 77.8 Å². The lowest BCUT2D eigenvalue weighted by Crippen LogP contribution is -2.58. The second-order valence-corrected chi connectivity index (χ2v) is 11.5. The van der Waals surface area contributed by atoms with E-state index in [1.54, 1.807) is 38.4 Å². The average Bonchev–Trinajstić information content (AvgIpc) is 3.77. The third-order valence-electron chi connectivity index (χ3n) is 7.30. The van der Waals surface area contributed by atoms with Gasteiger partial charge in [0.05, 0.1) is 25.5 Å². The Balaban J connectivity index is 1.88. The van der Waals surface area contributed by atoms with Crippen molar-refractivity contribution in [2.24, 2.45) is 10.9 Å². The zero-order valence-corrected chi connectivity index (χ0v) is 26.3. The summed E-state index contributed by atoms with van der Waals surface area (Å²) in [6.45, 7) is 7.63. The van der Waals surface area contributed by atoms with Crippen LogP contribution in [0.5, 0.6) is 0 Å². The summed E-state index contributed by atoms with van der Waals surface area (Å²) in [6, 6.07) is 9.86. The van der Waals surface area contributed by atoms with Crippen molar-refractivity contribution in [3.63, 3.8) is 0 Å². The number of benzene rings is 1. The number of carbonyl (C=O) groups is 4. The molecule has 3 rings (SSSR count). The van der Waals surface area contributed by atoms with E-state index in [9.17, 15) is 19.2 Å². The quantitative estimate of drug-likeness (QED) is 0.151. The number of nitrogens with one attached hydrogen (secondary N) is 3. The fourth-order valence-electron chi connectivity index (χ4n) is 4.60. The molecule has 0 bridgehead atoms. The largest absolute Gasteiger partial charge is 0.501 e. The van der Waals surface area contributed by atoms with Crippen LogP contribution in [-0.2, 0) is 41.5 Å². The van der Waals surface area contributed by atoms with Crippen LogP contribution in [0.25, 0.3) is 0 Å². The summed E-state index contributed by atoms with van der Waals surface area (Å²) in [7, 11) is 2.94. The van der Waals surface area contributed by atoms with Crippen LogP contribution >= 0.6 is 0 Å². The number of Topliss-reactive ketones (excluding diaryl/α,β-unsaturated/α-hetero) is 1. The maximum absolute atomic E-state index is 13.9. The Labute approximate surface area is 258 Å². The molecule has 3 amide bonds. The Kier molecular flexibility index (Phi) is 12.3. The predicted octanol–water partition coefficient (Wildman–Crippen LogP) is 2.35. The normalized spacial score (nSPS) is 18.5. The molecule has 236 valence electrons. The lowest BCUT2D eigenvalue weighted by Gasteiger charge is -2.27. The second kappa shape index (κ2) is 15.9. The molecule has 1 fully saturated rings. The van der Waals surface area contributed by atoms with E-state index in [0.29, 0.717) is 18.8 Å². The number of allylic oxidation sites excluding steroid dienone is 1. The van der Waals surface area contributed by atoms with Crippen LogP contribution in [0, 0.1) is 5.92 Å². The second-order valence-electron chi connectivity index (χ2n) is 11.5. The molecule has 11 heteroatoms. The number of pyridine rings is 1. The number of amides is 3. The number of hydrogen-bond donors (Lipinski definition) is 3. The molecule has 1 aliphatic rings. The monoisotopic (exact) mass is 605 g/mol. The van der Waals surface area contributed by atoms with Gasteiger partial charge in [0.25, 0.3) is 5.91 Å². The molecule has 0 spiro atoms. The summed E-state index contributed by atoms with van der Waals surface area (Å²) in [6.07, 6.45) is 5.38. The number of carbonyl (C=O) groups excluding carboxylic acids is 4. The first-order valence-corrected chi connectivity index (χ1v) is 14.7. The minimum absolute atomic E-state index is 0.0706. The Bertz CT molecular complexity index is 1360. The van der Waals surface area contributed by atoms with Gasteiger partial charge in [0.15, 0.2) is 5.78 Å². The smallest absolute Gasteiger partial charge is 0.270 e. The van der Waals surface area contributed by atoms with Crippen molar-refractivity contribution in [1.82, 2.24) is 20.9 Å². The number of rotatable bonds is 16. The van der Waals surface area contributed by atoms with Gasteiger partial charge in [0, 0.05) is 38.4 Å². The number of methoxy groups -OCH3 is 1. The highest BCUT2D eigenvalue weighted by Crippen LogP contribution is 2.29. The number of hydrogen-bond acceptors (Lipinski definition) is 8. The number of aromatic nitrogens is 1. The van der Waals surface area contributed by atoms with E-state index in [2.05, 4.69) is 25.9 Å². The maximum atomic E-state index is 13.9. The first kappa shape index (κ1) is 34.1. The van der Waals surface area contributed by atoms with Crippen LogP contribution in [0.2, 0.25) is 0 Å². The summed E-state index contributed by atoms with van der Waals surface area (Å²) in [5, 5.41) is 8.50. The molecule has 0 aliphatic carbocycles. The Morgan fingerprint density at radius 3 is 2.02 bits per heavy atom. The summed E-state index contributed by atoms with van der Waals surface area (Å²) >= 11 is 0. The first-order valence-electron chi connectivity index (χ1n) is 14.7. The molecule has 0 unspecified atom stereocenters. The van der Waals surface area contributed by atoms with Crippen molar-refractivity contribution < 1.29 is 28.7 Å². The summed E-state index contributed by atoms with van der Waals surface area (Å²) < 4.78 is 10.5. The first-order chi connectivity index (χ1) is 20.9. The lowest BCUT2D eigenvalue weighted by atomic mass is 9.93. The van der Waals surface area contributed by atoms with Gasteiger partial charge in [0.1, 0.15) is 23.4 Å². The summed E-state index contributed by atoms with van der Waals surface area (Å²) in [5.41, 5.74) is 0.719. The SMILES string of the molecule is C/N=C(/C=C(/C)OC)C(=O)N[C@@H](Cc1ccncc1)C(=O)N[C@@H](Cc1ccccc1)C(=O)N[C@@H](CC(C)C)C(=O)[C@@]1(C)CO1. The van der Waals surface area contributed by atoms with Crippen LogP contribution in [0.1, 0.15) is 45.2 Å².